The maximum absolute atomic E-state index is 8.49. The minimum atomic E-state index is 0.500. The van der Waals surface area contributed by atoms with Crippen molar-refractivity contribution < 1.29 is 0 Å². The second-order valence-corrected chi connectivity index (χ2v) is 3.93. The number of nitriles is 1. The van der Waals surface area contributed by atoms with E-state index in [-0.39, 0.29) is 0 Å². The highest BCUT2D eigenvalue weighted by molar-refractivity contribution is 6.30. The Morgan fingerprint density at radius 3 is 2.76 bits per heavy atom. The fraction of sp³-hybridized carbons (Fsp3) is 0.273. The predicted octanol–water partition coefficient (Wildman–Crippen LogP) is 2.30. The normalized spacial score (nSPS) is 10.1. The number of halogens is 1. The van der Waals surface area contributed by atoms with Crippen LogP contribution in [0, 0.1) is 11.3 Å². The number of hydrogen-bond acceptors (Lipinski definition) is 4. The van der Waals surface area contributed by atoms with Crippen molar-refractivity contribution in [3.63, 3.8) is 0 Å². The van der Waals surface area contributed by atoms with Crippen LogP contribution in [0.2, 0.25) is 5.02 Å². The summed E-state index contributed by atoms with van der Waals surface area (Å²) in [5.74, 6) is 0.694. The zero-order valence-corrected chi connectivity index (χ0v) is 9.80. The Bertz CT molecular complexity index is 526. The highest BCUT2D eigenvalue weighted by Crippen LogP contribution is 2.18. The standard InChI is InChI=1S/C11H10ClN5/c12-10-5-3-9(4-6-10)11-14-15-16-17(11)8-2-1-7-13/h3-6H,1-2,8H2. The lowest BCUT2D eigenvalue weighted by Crippen LogP contribution is -2.02. The fourth-order valence-corrected chi connectivity index (χ4v) is 1.59. The summed E-state index contributed by atoms with van der Waals surface area (Å²) in [7, 11) is 0. The van der Waals surface area contributed by atoms with Crippen molar-refractivity contribution in [2.24, 2.45) is 0 Å². The quantitative estimate of drug-likeness (QED) is 0.778. The topological polar surface area (TPSA) is 67.4 Å². The van der Waals surface area contributed by atoms with Crippen LogP contribution < -0.4 is 0 Å². The molecule has 2 aromatic rings. The molecule has 17 heavy (non-hydrogen) atoms. The minimum absolute atomic E-state index is 0.500. The second kappa shape index (κ2) is 5.41. The number of aryl methyl sites for hydroxylation is 1. The Morgan fingerprint density at radius 1 is 1.29 bits per heavy atom. The van der Waals surface area contributed by atoms with Gasteiger partial charge in [-0.05, 0) is 41.1 Å². The van der Waals surface area contributed by atoms with Crippen LogP contribution in [-0.4, -0.2) is 20.2 Å². The van der Waals surface area contributed by atoms with Crippen molar-refractivity contribution in [3.05, 3.63) is 29.3 Å². The molecule has 0 aliphatic carbocycles. The molecular weight excluding hydrogens is 238 g/mol. The number of aromatic nitrogens is 4. The van der Waals surface area contributed by atoms with Gasteiger partial charge in [0.15, 0.2) is 5.82 Å². The van der Waals surface area contributed by atoms with Gasteiger partial charge >= 0.3 is 0 Å². The monoisotopic (exact) mass is 247 g/mol. The molecule has 0 spiro atoms. The first-order chi connectivity index (χ1) is 8.31. The van der Waals surface area contributed by atoms with E-state index in [1.165, 1.54) is 0 Å². The first-order valence-corrected chi connectivity index (χ1v) is 5.58. The smallest absolute Gasteiger partial charge is 0.182 e. The summed E-state index contributed by atoms with van der Waals surface area (Å²) in [5, 5.41) is 20.7. The molecule has 0 saturated heterocycles. The van der Waals surface area contributed by atoms with Crippen LogP contribution in [0.25, 0.3) is 11.4 Å². The third kappa shape index (κ3) is 2.80. The molecule has 2 rings (SSSR count). The van der Waals surface area contributed by atoms with Crippen LogP contribution >= 0.6 is 11.6 Å². The minimum Gasteiger partial charge on any atom is -0.225 e. The van der Waals surface area contributed by atoms with Crippen molar-refractivity contribution in [1.29, 1.82) is 5.26 Å². The Balaban J connectivity index is 2.19. The summed E-state index contributed by atoms with van der Waals surface area (Å²) < 4.78 is 1.70. The molecule has 0 aliphatic heterocycles. The van der Waals surface area contributed by atoms with E-state index in [0.29, 0.717) is 23.8 Å². The number of rotatable bonds is 4. The first-order valence-electron chi connectivity index (χ1n) is 5.20. The molecule has 0 amide bonds. The lowest BCUT2D eigenvalue weighted by molar-refractivity contribution is 0.569. The van der Waals surface area contributed by atoms with Gasteiger partial charge in [0.2, 0.25) is 0 Å². The zero-order chi connectivity index (χ0) is 12.1. The molecule has 5 nitrogen and oxygen atoms in total. The van der Waals surface area contributed by atoms with Crippen LogP contribution in [-0.2, 0) is 6.54 Å². The zero-order valence-electron chi connectivity index (χ0n) is 9.04. The third-order valence-corrected chi connectivity index (χ3v) is 2.54. The van der Waals surface area contributed by atoms with Gasteiger partial charge in [-0.25, -0.2) is 4.68 Å². The Kier molecular flexibility index (Phi) is 3.68. The van der Waals surface area contributed by atoms with Gasteiger partial charge in [-0.1, -0.05) is 11.6 Å². The molecular formula is C11H10ClN5. The molecule has 0 fully saturated rings. The average Bonchev–Trinajstić information content (AvgIpc) is 2.79. The van der Waals surface area contributed by atoms with E-state index in [2.05, 4.69) is 21.6 Å². The van der Waals surface area contributed by atoms with Crippen molar-refractivity contribution in [2.45, 2.75) is 19.4 Å². The molecule has 1 heterocycles. The van der Waals surface area contributed by atoms with Gasteiger partial charge < -0.3 is 0 Å². The van der Waals surface area contributed by atoms with E-state index in [0.717, 1.165) is 12.0 Å². The number of benzene rings is 1. The van der Waals surface area contributed by atoms with E-state index in [4.69, 9.17) is 16.9 Å². The predicted molar refractivity (Wildman–Crippen MR) is 63.1 cm³/mol. The van der Waals surface area contributed by atoms with E-state index in [1.807, 2.05) is 12.1 Å². The summed E-state index contributed by atoms with van der Waals surface area (Å²) in [5.41, 5.74) is 0.913. The summed E-state index contributed by atoms with van der Waals surface area (Å²) in [6, 6.07) is 9.43. The van der Waals surface area contributed by atoms with E-state index in [9.17, 15) is 0 Å². The van der Waals surface area contributed by atoms with Crippen LogP contribution in [0.5, 0.6) is 0 Å². The van der Waals surface area contributed by atoms with E-state index in [1.54, 1.807) is 16.8 Å². The van der Waals surface area contributed by atoms with Crippen molar-refractivity contribution >= 4 is 11.6 Å². The number of nitrogens with zero attached hydrogens (tertiary/aromatic N) is 5. The average molecular weight is 248 g/mol. The lowest BCUT2D eigenvalue weighted by Gasteiger charge is -2.02. The summed E-state index contributed by atoms with van der Waals surface area (Å²) in [6.45, 7) is 0.637. The van der Waals surface area contributed by atoms with Gasteiger partial charge in [-0.2, -0.15) is 5.26 Å². The van der Waals surface area contributed by atoms with Crippen molar-refractivity contribution in [3.8, 4) is 17.5 Å². The summed E-state index contributed by atoms with van der Waals surface area (Å²) in [6.07, 6.45) is 1.24. The second-order valence-electron chi connectivity index (χ2n) is 3.49. The van der Waals surface area contributed by atoms with Gasteiger partial charge in [-0.15, -0.1) is 5.10 Å². The van der Waals surface area contributed by atoms with E-state index >= 15 is 0 Å². The molecule has 1 aromatic carbocycles. The van der Waals surface area contributed by atoms with Crippen LogP contribution in [0.3, 0.4) is 0 Å². The molecule has 0 unspecified atom stereocenters. The third-order valence-electron chi connectivity index (χ3n) is 2.29. The van der Waals surface area contributed by atoms with Gasteiger partial charge in [0, 0.05) is 23.6 Å². The maximum Gasteiger partial charge on any atom is 0.182 e. The highest BCUT2D eigenvalue weighted by Gasteiger charge is 2.07. The molecule has 0 bridgehead atoms. The molecule has 0 saturated carbocycles. The SMILES string of the molecule is N#CCCCn1nnnc1-c1ccc(Cl)cc1. The van der Waals surface area contributed by atoms with Gasteiger partial charge in [-0.3, -0.25) is 0 Å². The molecule has 1 aromatic heterocycles. The first kappa shape index (κ1) is 11.6. The molecule has 0 aliphatic rings. The number of hydrogen-bond donors (Lipinski definition) is 0. The number of unbranched alkanes of at least 4 members (excludes halogenated alkanes) is 1. The van der Waals surface area contributed by atoms with Crippen molar-refractivity contribution in [1.82, 2.24) is 20.2 Å². The van der Waals surface area contributed by atoms with Crippen molar-refractivity contribution in [2.75, 3.05) is 0 Å². The Hall–Kier alpha value is -1.93. The van der Waals surface area contributed by atoms with Gasteiger partial charge in [0.05, 0.1) is 6.07 Å². The van der Waals surface area contributed by atoms with E-state index < -0.39 is 0 Å². The number of tetrazole rings is 1. The highest BCUT2D eigenvalue weighted by atomic mass is 35.5. The van der Waals surface area contributed by atoms with Crippen LogP contribution in [0.15, 0.2) is 24.3 Å². The molecule has 86 valence electrons. The van der Waals surface area contributed by atoms with Gasteiger partial charge in [0.1, 0.15) is 0 Å². The molecule has 0 atom stereocenters. The summed E-state index contributed by atoms with van der Waals surface area (Å²) in [4.78, 5) is 0. The largest absolute Gasteiger partial charge is 0.225 e. The van der Waals surface area contributed by atoms with Crippen LogP contribution in [0.4, 0.5) is 0 Å². The summed E-state index contributed by atoms with van der Waals surface area (Å²) >= 11 is 5.82. The molecule has 0 radical (unpaired) electrons. The molecule has 0 N–H and O–H groups in total. The fourth-order valence-electron chi connectivity index (χ4n) is 1.47. The lowest BCUT2D eigenvalue weighted by atomic mass is 10.2. The molecule has 6 heteroatoms. The van der Waals surface area contributed by atoms with Crippen LogP contribution in [0.1, 0.15) is 12.8 Å². The van der Waals surface area contributed by atoms with Gasteiger partial charge in [0.25, 0.3) is 0 Å². The Labute approximate surface area is 104 Å². The Morgan fingerprint density at radius 2 is 2.06 bits per heavy atom. The maximum atomic E-state index is 8.49.